The molecule has 0 spiro atoms. The number of hydrogen-bond donors (Lipinski definition) is 1. The van der Waals surface area contributed by atoms with E-state index in [0.717, 1.165) is 5.56 Å². The van der Waals surface area contributed by atoms with Crippen molar-refractivity contribution < 1.29 is 14.3 Å². The molecule has 0 amide bonds. The lowest BCUT2D eigenvalue weighted by molar-refractivity contribution is -0.140. The van der Waals surface area contributed by atoms with Crippen molar-refractivity contribution in [3.05, 3.63) is 23.8 Å². The number of hydrogen-bond acceptors (Lipinski definition) is 5. The number of esters is 1. The van der Waals surface area contributed by atoms with Crippen molar-refractivity contribution in [2.45, 2.75) is 31.3 Å². The van der Waals surface area contributed by atoms with Gasteiger partial charge in [0.2, 0.25) is 0 Å². The lowest BCUT2D eigenvalue weighted by Crippen LogP contribution is -2.12. The zero-order valence-corrected chi connectivity index (χ0v) is 12.6. The number of carbonyl (C=O) groups excluding carboxylic acids is 1. The third kappa shape index (κ3) is 4.67. The van der Waals surface area contributed by atoms with Gasteiger partial charge in [-0.1, -0.05) is 26.0 Å². The maximum absolute atomic E-state index is 11.0. The molecule has 0 saturated heterocycles. The highest BCUT2D eigenvalue weighted by Gasteiger charge is 2.19. The van der Waals surface area contributed by atoms with Gasteiger partial charge >= 0.3 is 5.97 Å². The normalized spacial score (nSPS) is 12.3. The van der Waals surface area contributed by atoms with Gasteiger partial charge in [0, 0.05) is 6.92 Å². The average molecular weight is 283 g/mol. The fourth-order valence-electron chi connectivity index (χ4n) is 1.74. The van der Waals surface area contributed by atoms with Gasteiger partial charge in [-0.05, 0) is 16.9 Å². The molecule has 0 aliphatic rings. The van der Waals surface area contributed by atoms with Crippen molar-refractivity contribution in [2.75, 3.05) is 19.5 Å². The number of thioether (sulfide) groups is 1. The predicted octanol–water partition coefficient (Wildman–Crippen LogP) is 3.02. The van der Waals surface area contributed by atoms with Crippen LogP contribution in [0.1, 0.15) is 31.6 Å². The van der Waals surface area contributed by atoms with Gasteiger partial charge in [0.1, 0.15) is 12.4 Å². The van der Waals surface area contributed by atoms with Crippen LogP contribution in [0.4, 0.5) is 5.69 Å². The fourth-order valence-corrected chi connectivity index (χ4v) is 2.90. The molecule has 0 bridgehead atoms. The van der Waals surface area contributed by atoms with Crippen LogP contribution < -0.4 is 10.5 Å². The van der Waals surface area contributed by atoms with Crippen LogP contribution in [0, 0.1) is 0 Å². The Hall–Kier alpha value is -1.36. The quantitative estimate of drug-likeness (QED) is 0.642. The van der Waals surface area contributed by atoms with E-state index in [-0.39, 0.29) is 11.2 Å². The molecule has 106 valence electrons. The highest BCUT2D eigenvalue weighted by molar-refractivity contribution is 8.00. The Labute approximate surface area is 118 Å². The van der Waals surface area contributed by atoms with Crippen LogP contribution in [0.2, 0.25) is 0 Å². The lowest BCUT2D eigenvalue weighted by Gasteiger charge is -2.21. The summed E-state index contributed by atoms with van der Waals surface area (Å²) >= 11 is 1.72. The first-order valence-corrected chi connectivity index (χ1v) is 7.11. The smallest absolute Gasteiger partial charge is 0.302 e. The Morgan fingerprint density at radius 2 is 2.11 bits per heavy atom. The fraction of sp³-hybridized carbons (Fsp3) is 0.500. The number of rotatable bonds is 6. The van der Waals surface area contributed by atoms with Crippen molar-refractivity contribution in [2.24, 2.45) is 0 Å². The SMILES string of the molecule is COc1cccc(C(COC(C)=O)SC(C)C)c1N. The molecule has 1 rings (SSSR count). The van der Waals surface area contributed by atoms with E-state index in [9.17, 15) is 4.79 Å². The number of benzene rings is 1. The molecular formula is C14H21NO3S. The standard InChI is InChI=1S/C14H21NO3S/c1-9(2)19-13(8-18-10(3)16)11-6-5-7-12(17-4)14(11)15/h5-7,9,13H,8,15H2,1-4H3. The van der Waals surface area contributed by atoms with Crippen LogP contribution in [0.3, 0.4) is 0 Å². The maximum Gasteiger partial charge on any atom is 0.302 e. The van der Waals surface area contributed by atoms with E-state index in [2.05, 4.69) is 13.8 Å². The number of nitrogen functional groups attached to an aromatic ring is 1. The Morgan fingerprint density at radius 1 is 1.42 bits per heavy atom. The molecule has 1 atom stereocenters. The Kier molecular flexibility index (Phi) is 6.02. The van der Waals surface area contributed by atoms with Crippen LogP contribution in [-0.4, -0.2) is 24.9 Å². The van der Waals surface area contributed by atoms with Crippen LogP contribution >= 0.6 is 11.8 Å². The first-order chi connectivity index (χ1) is 8.95. The molecule has 4 nitrogen and oxygen atoms in total. The summed E-state index contributed by atoms with van der Waals surface area (Å²) in [7, 11) is 1.59. The molecule has 0 saturated carbocycles. The van der Waals surface area contributed by atoms with Crippen molar-refractivity contribution in [1.82, 2.24) is 0 Å². The summed E-state index contributed by atoms with van der Waals surface area (Å²) in [6, 6.07) is 5.66. The molecule has 0 aromatic heterocycles. The van der Waals surface area contributed by atoms with Gasteiger partial charge in [-0.15, -0.1) is 11.8 Å². The highest BCUT2D eigenvalue weighted by Crippen LogP contribution is 2.38. The largest absolute Gasteiger partial charge is 0.495 e. The highest BCUT2D eigenvalue weighted by atomic mass is 32.2. The van der Waals surface area contributed by atoms with Gasteiger partial charge < -0.3 is 15.2 Å². The summed E-state index contributed by atoms with van der Waals surface area (Å²) < 4.78 is 10.4. The van der Waals surface area contributed by atoms with Gasteiger partial charge in [-0.2, -0.15) is 0 Å². The molecule has 1 aromatic rings. The third-order valence-electron chi connectivity index (χ3n) is 2.54. The van der Waals surface area contributed by atoms with E-state index in [1.165, 1.54) is 6.92 Å². The van der Waals surface area contributed by atoms with E-state index in [1.54, 1.807) is 18.9 Å². The van der Waals surface area contributed by atoms with Crippen LogP contribution in [-0.2, 0) is 9.53 Å². The number of anilines is 1. The summed E-state index contributed by atoms with van der Waals surface area (Å²) in [5.74, 6) is 0.366. The Morgan fingerprint density at radius 3 is 2.63 bits per heavy atom. The average Bonchev–Trinajstić information content (AvgIpc) is 2.34. The van der Waals surface area contributed by atoms with Crippen molar-refractivity contribution in [1.29, 1.82) is 0 Å². The predicted molar refractivity (Wildman–Crippen MR) is 79.5 cm³/mol. The summed E-state index contributed by atoms with van der Waals surface area (Å²) in [4.78, 5) is 11.0. The number of carbonyl (C=O) groups is 1. The number of nitrogens with two attached hydrogens (primary N) is 1. The van der Waals surface area contributed by atoms with Crippen LogP contribution in [0.15, 0.2) is 18.2 Å². The zero-order valence-electron chi connectivity index (χ0n) is 11.8. The van der Waals surface area contributed by atoms with Gasteiger partial charge in [-0.3, -0.25) is 4.79 Å². The molecular weight excluding hydrogens is 262 g/mol. The van der Waals surface area contributed by atoms with Crippen LogP contribution in [0.25, 0.3) is 0 Å². The molecule has 1 unspecified atom stereocenters. The van der Waals surface area contributed by atoms with E-state index >= 15 is 0 Å². The summed E-state index contributed by atoms with van der Waals surface area (Å²) in [5.41, 5.74) is 7.65. The van der Waals surface area contributed by atoms with Crippen molar-refractivity contribution >= 4 is 23.4 Å². The number of para-hydroxylation sites is 1. The first-order valence-electron chi connectivity index (χ1n) is 6.17. The zero-order chi connectivity index (χ0) is 14.4. The summed E-state index contributed by atoms with van der Waals surface area (Å²) in [5, 5.41) is 0.421. The lowest BCUT2D eigenvalue weighted by atomic mass is 10.1. The van der Waals surface area contributed by atoms with E-state index in [4.69, 9.17) is 15.2 Å². The van der Waals surface area contributed by atoms with E-state index < -0.39 is 0 Å². The monoisotopic (exact) mass is 283 g/mol. The minimum absolute atomic E-state index is 0.0130. The van der Waals surface area contributed by atoms with Crippen LogP contribution in [0.5, 0.6) is 5.75 Å². The van der Waals surface area contributed by atoms with Crippen molar-refractivity contribution in [3.63, 3.8) is 0 Å². The van der Waals surface area contributed by atoms with Gasteiger partial charge in [0.05, 0.1) is 18.0 Å². The summed E-state index contributed by atoms with van der Waals surface area (Å²) in [6.45, 7) is 5.92. The second kappa shape index (κ2) is 7.28. The van der Waals surface area contributed by atoms with Gasteiger partial charge in [-0.25, -0.2) is 0 Å². The molecule has 19 heavy (non-hydrogen) atoms. The second-order valence-corrected chi connectivity index (χ2v) is 6.22. The number of ether oxygens (including phenoxy) is 2. The van der Waals surface area contributed by atoms with Crippen molar-refractivity contribution in [3.8, 4) is 5.75 Å². The minimum Gasteiger partial charge on any atom is -0.495 e. The molecule has 0 aliphatic carbocycles. The summed E-state index contributed by atoms with van der Waals surface area (Å²) in [6.07, 6.45) is 0. The number of methoxy groups -OCH3 is 1. The maximum atomic E-state index is 11.0. The minimum atomic E-state index is -0.282. The molecule has 0 fully saturated rings. The third-order valence-corrected chi connectivity index (χ3v) is 3.80. The second-order valence-electron chi connectivity index (χ2n) is 4.44. The Balaban J connectivity index is 2.98. The van der Waals surface area contributed by atoms with E-state index in [0.29, 0.717) is 23.3 Å². The van der Waals surface area contributed by atoms with Gasteiger partial charge in [0.25, 0.3) is 0 Å². The Bertz CT molecular complexity index is 435. The molecule has 1 aromatic carbocycles. The topological polar surface area (TPSA) is 61.5 Å². The molecule has 0 heterocycles. The molecule has 0 aliphatic heterocycles. The molecule has 2 N–H and O–H groups in total. The molecule has 5 heteroatoms. The first kappa shape index (κ1) is 15.7. The molecule has 0 radical (unpaired) electrons. The van der Waals surface area contributed by atoms with E-state index in [1.807, 2.05) is 18.2 Å². The van der Waals surface area contributed by atoms with Gasteiger partial charge in [0.15, 0.2) is 0 Å².